The largest absolute Gasteiger partial charge is 0.272 e. The molecule has 0 N–H and O–H groups in total. The van der Waals surface area contributed by atoms with Crippen LogP contribution in [0.1, 0.15) is 0 Å². The fraction of sp³-hybridized carbons (Fsp3) is 0. The van der Waals surface area contributed by atoms with Gasteiger partial charge in [0.05, 0.1) is 5.30 Å². The summed E-state index contributed by atoms with van der Waals surface area (Å²) in [6, 6.07) is 16.0. The molecule has 2 rings (SSSR count). The summed E-state index contributed by atoms with van der Waals surface area (Å²) in [5, 5.41) is -0.842. The van der Waals surface area contributed by atoms with E-state index in [1.54, 1.807) is 0 Å². The molecular weight excluding hydrogens is 241 g/mol. The third kappa shape index (κ3) is 2.31. The van der Waals surface area contributed by atoms with Gasteiger partial charge in [0.25, 0.3) is 5.39 Å². The predicted molar refractivity (Wildman–Crippen MR) is 71.4 cm³/mol. The molecular formula is C11H11NPS2+. The Morgan fingerprint density at radius 2 is 1.47 bits per heavy atom. The fourth-order valence-electron chi connectivity index (χ4n) is 1.33. The molecule has 0 aliphatic heterocycles. The molecule has 15 heavy (non-hydrogen) atoms. The molecule has 0 radical (unpaired) electrons. The second kappa shape index (κ2) is 4.48. The highest BCUT2D eigenvalue weighted by atomic mass is 32.9. The van der Waals surface area contributed by atoms with Gasteiger partial charge in [-0.25, -0.2) is 0 Å². The third-order valence-corrected chi connectivity index (χ3v) is 6.48. The molecule has 0 bridgehead atoms. The summed E-state index contributed by atoms with van der Waals surface area (Å²) in [5.41, 5.74) is 0. The van der Waals surface area contributed by atoms with Crippen molar-refractivity contribution in [2.45, 2.75) is 0 Å². The number of benzene rings is 1. The standard InChI is InChI=1S/C11H10NPS2/c14-13(15,11-7-3-1-4-8-11)12-9-5-2-6-10-12/h1-10H/p+1. The Labute approximate surface area is 100.0 Å². The van der Waals surface area contributed by atoms with Crippen molar-refractivity contribution < 1.29 is 4.34 Å². The molecule has 4 heteroatoms. The molecule has 0 aliphatic carbocycles. The number of rotatable bonds is 2. The Kier molecular flexibility index (Phi) is 3.25. The van der Waals surface area contributed by atoms with Gasteiger partial charge in [0, 0.05) is 12.1 Å². The van der Waals surface area contributed by atoms with Crippen LogP contribution in [0.3, 0.4) is 0 Å². The number of pyridine rings is 1. The summed E-state index contributed by atoms with van der Waals surface area (Å²) in [4.78, 5) is 0. The number of aromatic nitrogens is 1. The lowest BCUT2D eigenvalue weighted by Crippen LogP contribution is -2.31. The summed E-state index contributed by atoms with van der Waals surface area (Å²) in [6.07, 6.45) is 3.95. The van der Waals surface area contributed by atoms with E-state index >= 15 is 0 Å². The topological polar surface area (TPSA) is 3.88 Å². The highest BCUT2D eigenvalue weighted by Gasteiger charge is 2.24. The van der Waals surface area contributed by atoms with E-state index in [-0.39, 0.29) is 0 Å². The Bertz CT molecular complexity index is 441. The maximum atomic E-state index is 5.61. The first-order valence-corrected chi connectivity index (χ1v) is 8.47. The molecule has 1 aromatic carbocycles. The van der Waals surface area contributed by atoms with Gasteiger partial charge in [-0.05, 0) is 23.9 Å². The van der Waals surface area contributed by atoms with Crippen molar-refractivity contribution in [3.63, 3.8) is 0 Å². The second-order valence-corrected chi connectivity index (χ2v) is 9.34. The lowest BCUT2D eigenvalue weighted by molar-refractivity contribution is -0.506. The molecule has 1 heterocycles. The van der Waals surface area contributed by atoms with Crippen molar-refractivity contribution in [1.29, 1.82) is 0 Å². The molecule has 0 amide bonds. The van der Waals surface area contributed by atoms with Gasteiger partial charge in [0.15, 0.2) is 12.4 Å². The zero-order chi connectivity index (χ0) is 10.7. The van der Waals surface area contributed by atoms with E-state index in [1.807, 2.05) is 65.3 Å². The molecule has 0 saturated carbocycles. The molecule has 1 aromatic heterocycles. The van der Waals surface area contributed by atoms with Crippen molar-refractivity contribution in [3.05, 3.63) is 60.9 Å². The molecule has 1 nitrogen and oxygen atoms in total. The van der Waals surface area contributed by atoms with Gasteiger partial charge in [0.1, 0.15) is 0 Å². The first-order chi connectivity index (χ1) is 7.21. The minimum absolute atomic E-state index is 1.11. The summed E-state index contributed by atoms with van der Waals surface area (Å²) < 4.78 is 2.01. The molecule has 0 spiro atoms. The number of thiol groups is 1. The van der Waals surface area contributed by atoms with E-state index in [0.717, 1.165) is 5.30 Å². The molecule has 1 unspecified atom stereocenters. The van der Waals surface area contributed by atoms with Crippen LogP contribution in [-0.2, 0) is 11.8 Å². The van der Waals surface area contributed by atoms with Gasteiger partial charge in [-0.1, -0.05) is 36.5 Å². The molecule has 0 saturated heterocycles. The monoisotopic (exact) mass is 252 g/mol. The third-order valence-electron chi connectivity index (χ3n) is 2.11. The summed E-state index contributed by atoms with van der Waals surface area (Å²) >= 11 is 10.3. The number of hydrogen-bond donors (Lipinski definition) is 1. The summed E-state index contributed by atoms with van der Waals surface area (Å²) in [7, 11) is 0. The first-order valence-electron chi connectivity index (χ1n) is 4.57. The maximum Gasteiger partial charge on any atom is 0.272 e. The Balaban J connectivity index is 2.50. The van der Waals surface area contributed by atoms with Gasteiger partial charge in [-0.15, -0.1) is 0 Å². The molecule has 0 fully saturated rings. The van der Waals surface area contributed by atoms with Crippen molar-refractivity contribution in [2.75, 3.05) is 0 Å². The van der Waals surface area contributed by atoms with Gasteiger partial charge < -0.3 is 0 Å². The smallest absolute Gasteiger partial charge is 0.174 e. The highest BCUT2D eigenvalue weighted by molar-refractivity contribution is 8.63. The van der Waals surface area contributed by atoms with Crippen LogP contribution in [-0.4, -0.2) is 0 Å². The fourth-order valence-corrected chi connectivity index (χ4v) is 4.12. The SMILES string of the molecule is S=P(S)(c1ccccc1)[n+]1ccccc1. The normalized spacial score (nSPS) is 14.5. The Hall–Kier alpha value is -0.630. The van der Waals surface area contributed by atoms with E-state index in [2.05, 4.69) is 12.2 Å². The lowest BCUT2D eigenvalue weighted by atomic mass is 10.4. The predicted octanol–water partition coefficient (Wildman–Crippen LogP) is 2.39. The van der Waals surface area contributed by atoms with Gasteiger partial charge in [-0.2, -0.15) is 4.34 Å². The van der Waals surface area contributed by atoms with Crippen molar-refractivity contribution in [2.24, 2.45) is 0 Å². The van der Waals surface area contributed by atoms with Crippen LogP contribution in [0.4, 0.5) is 0 Å². The van der Waals surface area contributed by atoms with Crippen LogP contribution in [0, 0.1) is 0 Å². The van der Waals surface area contributed by atoms with Gasteiger partial charge in [0.2, 0.25) is 0 Å². The number of hydrogen-bond acceptors (Lipinski definition) is 1. The van der Waals surface area contributed by atoms with Crippen LogP contribution in [0.15, 0.2) is 60.9 Å². The van der Waals surface area contributed by atoms with E-state index in [1.165, 1.54) is 0 Å². The summed E-state index contributed by atoms with van der Waals surface area (Å²) in [5.74, 6) is 0. The van der Waals surface area contributed by atoms with Crippen molar-refractivity contribution in [1.82, 2.24) is 0 Å². The number of nitrogens with zero attached hydrogens (tertiary/aromatic N) is 1. The molecule has 1 atom stereocenters. The van der Waals surface area contributed by atoms with Crippen LogP contribution in [0.25, 0.3) is 0 Å². The quantitative estimate of drug-likeness (QED) is 0.635. The van der Waals surface area contributed by atoms with Crippen LogP contribution in [0.2, 0.25) is 0 Å². The van der Waals surface area contributed by atoms with E-state index in [9.17, 15) is 0 Å². The zero-order valence-electron chi connectivity index (χ0n) is 8.02. The second-order valence-electron chi connectivity index (χ2n) is 3.14. The average molecular weight is 252 g/mol. The Morgan fingerprint density at radius 3 is 2.07 bits per heavy atom. The van der Waals surface area contributed by atoms with Crippen molar-refractivity contribution >= 4 is 34.8 Å². The molecule has 0 aliphatic rings. The van der Waals surface area contributed by atoms with Crippen LogP contribution in [0.5, 0.6) is 0 Å². The van der Waals surface area contributed by atoms with E-state index < -0.39 is 5.39 Å². The van der Waals surface area contributed by atoms with Gasteiger partial charge in [-0.3, -0.25) is 0 Å². The minimum Gasteiger partial charge on any atom is -0.174 e. The highest BCUT2D eigenvalue weighted by Crippen LogP contribution is 2.43. The average Bonchev–Trinajstić information content (AvgIpc) is 2.31. The molecule has 76 valence electrons. The van der Waals surface area contributed by atoms with Crippen molar-refractivity contribution in [3.8, 4) is 0 Å². The van der Waals surface area contributed by atoms with E-state index in [4.69, 9.17) is 11.8 Å². The summed E-state index contributed by atoms with van der Waals surface area (Å²) in [6.45, 7) is 0. The lowest BCUT2D eigenvalue weighted by Gasteiger charge is -2.09. The maximum absolute atomic E-state index is 5.61. The Morgan fingerprint density at radius 1 is 0.933 bits per heavy atom. The van der Waals surface area contributed by atoms with Crippen LogP contribution < -0.4 is 9.64 Å². The first kappa shape index (κ1) is 10.9. The molecule has 2 aromatic rings. The minimum atomic E-state index is -1.95. The van der Waals surface area contributed by atoms with E-state index in [0.29, 0.717) is 0 Å². The zero-order valence-corrected chi connectivity index (χ0v) is 10.6. The van der Waals surface area contributed by atoms with Gasteiger partial charge >= 0.3 is 0 Å². The van der Waals surface area contributed by atoms with Crippen LogP contribution >= 0.6 is 17.6 Å².